The lowest BCUT2D eigenvalue weighted by molar-refractivity contribution is -0.117. The van der Waals surface area contributed by atoms with Gasteiger partial charge in [0.25, 0.3) is 0 Å². The van der Waals surface area contributed by atoms with E-state index in [4.69, 9.17) is 10.7 Å². The van der Waals surface area contributed by atoms with Crippen molar-refractivity contribution in [2.24, 2.45) is 5.92 Å². The van der Waals surface area contributed by atoms with Crippen molar-refractivity contribution < 1.29 is 21.6 Å². The number of benzene rings is 1. The predicted molar refractivity (Wildman–Crippen MR) is 82.8 cm³/mol. The van der Waals surface area contributed by atoms with Gasteiger partial charge in [0.15, 0.2) is 0 Å². The molecule has 1 atom stereocenters. The topological polar surface area (TPSA) is 88.6 Å². The van der Waals surface area contributed by atoms with E-state index in [9.17, 15) is 21.6 Å². The Hall–Kier alpha value is -1.38. The number of nitrogens with zero attached hydrogens (tertiary/aromatic N) is 1. The molecule has 1 saturated heterocycles. The Kier molecular flexibility index (Phi) is 3.58. The largest absolute Gasteiger partial charge is 0.312 e. The molecule has 0 aliphatic carbocycles. The molecule has 0 spiro atoms. The van der Waals surface area contributed by atoms with Crippen molar-refractivity contribution in [3.05, 3.63) is 29.2 Å². The zero-order valence-corrected chi connectivity index (χ0v) is 13.7. The van der Waals surface area contributed by atoms with Gasteiger partial charge in [-0.05, 0) is 23.8 Å². The van der Waals surface area contributed by atoms with Crippen LogP contribution in [0.3, 0.4) is 0 Å². The minimum Gasteiger partial charge on any atom is -0.312 e. The molecule has 2 heterocycles. The van der Waals surface area contributed by atoms with Crippen LogP contribution < -0.4 is 4.90 Å². The van der Waals surface area contributed by atoms with Crippen LogP contribution in [0.1, 0.15) is 12.0 Å². The molecule has 1 unspecified atom stereocenters. The number of halogens is 1. The van der Waals surface area contributed by atoms with Gasteiger partial charge in [0.1, 0.15) is 0 Å². The molecule has 0 radical (unpaired) electrons. The molecule has 0 bridgehead atoms. The van der Waals surface area contributed by atoms with E-state index in [1.807, 2.05) is 0 Å². The average molecular weight is 362 g/mol. The van der Waals surface area contributed by atoms with Gasteiger partial charge in [0, 0.05) is 40.7 Å². The SMILES string of the molecule is O=C1CC(CS(=O)(=O)Cl)CN1c1ccc2c(c1)S(=O)(=O)C=C2. The lowest BCUT2D eigenvalue weighted by atomic mass is 10.1. The van der Waals surface area contributed by atoms with Crippen LogP contribution in [0.4, 0.5) is 5.69 Å². The van der Waals surface area contributed by atoms with Gasteiger partial charge in [0.05, 0.1) is 10.6 Å². The number of carbonyl (C=O) groups is 1. The number of fused-ring (bicyclic) bond motifs is 1. The number of carbonyl (C=O) groups excluding carboxylic acids is 1. The Bertz CT molecular complexity index is 889. The highest BCUT2D eigenvalue weighted by Crippen LogP contribution is 2.33. The lowest BCUT2D eigenvalue weighted by Gasteiger charge is -2.17. The summed E-state index contributed by atoms with van der Waals surface area (Å²) in [4.78, 5) is 13.6. The molecule has 9 heteroatoms. The summed E-state index contributed by atoms with van der Waals surface area (Å²) in [5.41, 5.74) is 1.03. The summed E-state index contributed by atoms with van der Waals surface area (Å²) < 4.78 is 46.0. The lowest BCUT2D eigenvalue weighted by Crippen LogP contribution is -2.25. The predicted octanol–water partition coefficient (Wildman–Crippen LogP) is 1.37. The molecule has 118 valence electrons. The average Bonchev–Trinajstić information content (AvgIpc) is 2.88. The van der Waals surface area contributed by atoms with Crippen LogP contribution in [0.25, 0.3) is 6.08 Å². The molecule has 1 fully saturated rings. The third-order valence-corrected chi connectivity index (χ3v) is 6.39. The van der Waals surface area contributed by atoms with E-state index in [1.54, 1.807) is 12.1 Å². The molecule has 0 N–H and O–H groups in total. The molecule has 0 aromatic heterocycles. The second-order valence-corrected chi connectivity index (χ2v) is 9.97. The highest BCUT2D eigenvalue weighted by atomic mass is 35.7. The van der Waals surface area contributed by atoms with Gasteiger partial charge < -0.3 is 4.90 Å². The van der Waals surface area contributed by atoms with Crippen LogP contribution in [0.15, 0.2) is 28.5 Å². The minimum atomic E-state index is -3.68. The van der Waals surface area contributed by atoms with Crippen molar-refractivity contribution in [3.8, 4) is 0 Å². The van der Waals surface area contributed by atoms with Gasteiger partial charge >= 0.3 is 0 Å². The van der Waals surface area contributed by atoms with E-state index < -0.39 is 24.8 Å². The summed E-state index contributed by atoms with van der Waals surface area (Å²) in [5.74, 6) is -0.909. The van der Waals surface area contributed by atoms with Gasteiger partial charge in [-0.15, -0.1) is 0 Å². The second-order valence-electron chi connectivity index (χ2n) is 5.35. The van der Waals surface area contributed by atoms with E-state index in [0.29, 0.717) is 11.3 Å². The van der Waals surface area contributed by atoms with E-state index in [0.717, 1.165) is 5.41 Å². The molecule has 6 nitrogen and oxygen atoms in total. The summed E-state index contributed by atoms with van der Waals surface area (Å²) >= 11 is 0. The third-order valence-electron chi connectivity index (χ3n) is 3.68. The van der Waals surface area contributed by atoms with Crippen LogP contribution in [-0.2, 0) is 23.7 Å². The zero-order valence-electron chi connectivity index (χ0n) is 11.3. The molecule has 1 amide bonds. The van der Waals surface area contributed by atoms with E-state index in [-0.39, 0.29) is 29.5 Å². The molecule has 3 rings (SSSR count). The van der Waals surface area contributed by atoms with E-state index in [2.05, 4.69) is 0 Å². The first-order valence-corrected chi connectivity index (χ1v) is 10.5. The molecule has 2 aliphatic heterocycles. The maximum absolute atomic E-state index is 12.1. The smallest absolute Gasteiger partial charge is 0.232 e. The Morgan fingerprint density at radius 2 is 2.05 bits per heavy atom. The fourth-order valence-electron chi connectivity index (χ4n) is 2.74. The quantitative estimate of drug-likeness (QED) is 0.758. The maximum atomic E-state index is 12.1. The summed E-state index contributed by atoms with van der Waals surface area (Å²) in [6.45, 7) is 0.205. The summed E-state index contributed by atoms with van der Waals surface area (Å²) in [6, 6.07) is 4.73. The number of rotatable bonds is 3. The normalized spacial score (nSPS) is 23.0. The summed E-state index contributed by atoms with van der Waals surface area (Å²) in [5, 5.41) is 1.12. The number of amides is 1. The molecule has 22 heavy (non-hydrogen) atoms. The van der Waals surface area contributed by atoms with E-state index >= 15 is 0 Å². The van der Waals surface area contributed by atoms with Crippen LogP contribution in [-0.4, -0.2) is 35.0 Å². The van der Waals surface area contributed by atoms with Crippen molar-refractivity contribution in [3.63, 3.8) is 0 Å². The monoisotopic (exact) mass is 361 g/mol. The zero-order chi connectivity index (χ0) is 16.1. The van der Waals surface area contributed by atoms with Gasteiger partial charge in [-0.2, -0.15) is 0 Å². The minimum absolute atomic E-state index is 0.0774. The van der Waals surface area contributed by atoms with Crippen LogP contribution in [0.2, 0.25) is 0 Å². The fraction of sp³-hybridized carbons (Fsp3) is 0.308. The number of hydrogen-bond acceptors (Lipinski definition) is 5. The molecule has 1 aromatic rings. The van der Waals surface area contributed by atoms with Crippen molar-refractivity contribution in [2.75, 3.05) is 17.2 Å². The van der Waals surface area contributed by atoms with Crippen molar-refractivity contribution in [1.29, 1.82) is 0 Å². The Balaban J connectivity index is 1.89. The molecular weight excluding hydrogens is 350 g/mol. The molecular formula is C13H12ClNO5S2. The Morgan fingerprint density at radius 3 is 2.73 bits per heavy atom. The van der Waals surface area contributed by atoms with Gasteiger partial charge in [0.2, 0.25) is 24.8 Å². The first-order valence-electron chi connectivity index (χ1n) is 6.46. The van der Waals surface area contributed by atoms with Gasteiger partial charge in [-0.25, -0.2) is 16.8 Å². The molecule has 1 aromatic carbocycles. The van der Waals surface area contributed by atoms with Gasteiger partial charge in [-0.3, -0.25) is 4.79 Å². The highest BCUT2D eigenvalue weighted by molar-refractivity contribution is 8.13. The Labute approximate surface area is 132 Å². The van der Waals surface area contributed by atoms with E-state index in [1.165, 1.54) is 17.0 Å². The summed E-state index contributed by atoms with van der Waals surface area (Å²) in [6.07, 6.45) is 1.58. The fourth-order valence-corrected chi connectivity index (χ4v) is 5.28. The van der Waals surface area contributed by atoms with Crippen LogP contribution >= 0.6 is 10.7 Å². The highest BCUT2D eigenvalue weighted by Gasteiger charge is 2.34. The Morgan fingerprint density at radius 1 is 1.32 bits per heavy atom. The van der Waals surface area contributed by atoms with Crippen molar-refractivity contribution in [2.45, 2.75) is 11.3 Å². The molecule has 2 aliphatic rings. The third kappa shape index (κ3) is 2.90. The first-order chi connectivity index (χ1) is 10.2. The van der Waals surface area contributed by atoms with Crippen LogP contribution in [0, 0.1) is 5.92 Å². The first kappa shape index (κ1) is 15.5. The number of hydrogen-bond donors (Lipinski definition) is 0. The van der Waals surface area contributed by atoms with Gasteiger partial charge in [-0.1, -0.05) is 6.07 Å². The number of sulfone groups is 1. The van der Waals surface area contributed by atoms with Crippen molar-refractivity contribution in [1.82, 2.24) is 0 Å². The van der Waals surface area contributed by atoms with Crippen LogP contribution in [0.5, 0.6) is 0 Å². The standard InChI is InChI=1S/C13H12ClNO5S2/c14-22(19,20)8-9-5-13(16)15(7-9)11-2-1-10-3-4-21(17,18)12(10)6-11/h1-4,6,9H,5,7-8H2. The maximum Gasteiger partial charge on any atom is 0.232 e. The number of anilines is 1. The van der Waals surface area contributed by atoms with Crippen molar-refractivity contribution >= 4 is 47.2 Å². The summed E-state index contributed by atoms with van der Waals surface area (Å²) in [7, 11) is -1.91. The molecule has 0 saturated carbocycles. The second kappa shape index (κ2) is 5.07.